The molecule has 0 saturated heterocycles. The maximum absolute atomic E-state index is 12.2. The number of rotatable bonds is 8. The van der Waals surface area contributed by atoms with Crippen LogP contribution in [-0.4, -0.2) is 26.8 Å². The van der Waals surface area contributed by atoms with Gasteiger partial charge < -0.3 is 25.4 Å². The first kappa shape index (κ1) is 19.6. The fourth-order valence-corrected chi connectivity index (χ4v) is 2.62. The van der Waals surface area contributed by atoms with E-state index in [0.29, 0.717) is 12.2 Å². The summed E-state index contributed by atoms with van der Waals surface area (Å²) in [4.78, 5) is 2.09. The Morgan fingerprint density at radius 3 is 2.31 bits per heavy atom. The molecule has 3 N–H and O–H groups in total. The fraction of sp³-hybridized carbons (Fsp3) is 0.368. The molecule has 0 unspecified atom stereocenters. The first-order valence-corrected chi connectivity index (χ1v) is 8.30. The summed E-state index contributed by atoms with van der Waals surface area (Å²) in [6.45, 7) is 1.80. The Morgan fingerprint density at radius 2 is 1.77 bits per heavy atom. The van der Waals surface area contributed by atoms with Crippen LogP contribution in [0.5, 0.6) is 11.5 Å². The fourth-order valence-electron chi connectivity index (χ4n) is 2.62. The number of nitrogens with zero attached hydrogens (tertiary/aromatic N) is 1. The average molecular weight is 365 g/mol. The standard InChI is InChI=1S/C19H25F2N3O2/c1-12(2)24(3)18-15(17(25-4)10-9-16(18)22)11-23-13-5-7-14(8-6-13)26-19(20)21/h5-10,12,19,23H,11,22H2,1-4H3. The van der Waals surface area contributed by atoms with Crippen molar-refractivity contribution >= 4 is 17.1 Å². The lowest BCUT2D eigenvalue weighted by molar-refractivity contribution is -0.0498. The van der Waals surface area contributed by atoms with Crippen molar-refractivity contribution in [3.8, 4) is 11.5 Å². The Labute approximate surface area is 152 Å². The number of hydrogen-bond acceptors (Lipinski definition) is 5. The van der Waals surface area contributed by atoms with Crippen LogP contribution in [0.3, 0.4) is 0 Å². The molecule has 2 rings (SSSR count). The van der Waals surface area contributed by atoms with E-state index in [9.17, 15) is 8.78 Å². The zero-order valence-electron chi connectivity index (χ0n) is 15.4. The third-order valence-corrected chi connectivity index (χ3v) is 4.17. The maximum atomic E-state index is 12.2. The number of hydrogen-bond donors (Lipinski definition) is 2. The van der Waals surface area contributed by atoms with E-state index in [4.69, 9.17) is 10.5 Å². The normalized spacial score (nSPS) is 10.9. The molecule has 0 aliphatic rings. The van der Waals surface area contributed by atoms with Gasteiger partial charge >= 0.3 is 6.61 Å². The lowest BCUT2D eigenvalue weighted by Crippen LogP contribution is -2.28. The van der Waals surface area contributed by atoms with Crippen molar-refractivity contribution in [1.82, 2.24) is 0 Å². The predicted octanol–water partition coefficient (Wildman–Crippen LogP) is 4.34. The minimum Gasteiger partial charge on any atom is -0.496 e. The van der Waals surface area contributed by atoms with Gasteiger partial charge in [-0.2, -0.15) is 8.78 Å². The molecule has 5 nitrogen and oxygen atoms in total. The second kappa shape index (κ2) is 8.60. The number of ether oxygens (including phenoxy) is 2. The molecule has 0 amide bonds. The third kappa shape index (κ3) is 4.68. The molecule has 0 bridgehead atoms. The van der Waals surface area contributed by atoms with Crippen LogP contribution in [0.4, 0.5) is 25.8 Å². The average Bonchev–Trinajstić information content (AvgIpc) is 2.60. The molecule has 0 atom stereocenters. The van der Waals surface area contributed by atoms with E-state index in [1.165, 1.54) is 12.1 Å². The van der Waals surface area contributed by atoms with Gasteiger partial charge in [0.05, 0.1) is 18.5 Å². The molecule has 0 aromatic heterocycles. The summed E-state index contributed by atoms with van der Waals surface area (Å²) < 4.78 is 34.3. The van der Waals surface area contributed by atoms with E-state index in [1.54, 1.807) is 19.2 Å². The largest absolute Gasteiger partial charge is 0.496 e. The topological polar surface area (TPSA) is 59.8 Å². The van der Waals surface area contributed by atoms with Crippen LogP contribution in [0.2, 0.25) is 0 Å². The summed E-state index contributed by atoms with van der Waals surface area (Å²) in [6.07, 6.45) is 0. The van der Waals surface area contributed by atoms with Gasteiger partial charge in [0.15, 0.2) is 0 Å². The summed E-state index contributed by atoms with van der Waals surface area (Å²) in [5.41, 5.74) is 9.48. The van der Waals surface area contributed by atoms with Gasteiger partial charge in [-0.05, 0) is 50.2 Å². The van der Waals surface area contributed by atoms with Crippen LogP contribution < -0.4 is 25.4 Å². The highest BCUT2D eigenvalue weighted by molar-refractivity contribution is 5.75. The summed E-state index contributed by atoms with van der Waals surface area (Å²) in [6, 6.07) is 10.3. The molecule has 0 fully saturated rings. The zero-order chi connectivity index (χ0) is 19.3. The number of nitrogens with two attached hydrogens (primary N) is 1. The number of nitrogens with one attached hydrogen (secondary N) is 1. The molecule has 0 spiro atoms. The van der Waals surface area contributed by atoms with Crippen LogP contribution in [0, 0.1) is 0 Å². The van der Waals surface area contributed by atoms with Gasteiger partial charge in [-0.1, -0.05) is 0 Å². The van der Waals surface area contributed by atoms with E-state index in [2.05, 4.69) is 28.8 Å². The Hall–Kier alpha value is -2.70. The Bertz CT molecular complexity index is 721. The molecular weight excluding hydrogens is 340 g/mol. The lowest BCUT2D eigenvalue weighted by atomic mass is 10.1. The van der Waals surface area contributed by atoms with Crippen molar-refractivity contribution in [1.29, 1.82) is 0 Å². The summed E-state index contributed by atoms with van der Waals surface area (Å²) in [7, 11) is 3.60. The van der Waals surface area contributed by atoms with E-state index in [1.807, 2.05) is 19.2 Å². The second-order valence-electron chi connectivity index (χ2n) is 6.15. The number of halogens is 2. The van der Waals surface area contributed by atoms with Crippen molar-refractivity contribution in [2.24, 2.45) is 0 Å². The van der Waals surface area contributed by atoms with Crippen LogP contribution >= 0.6 is 0 Å². The quantitative estimate of drug-likeness (QED) is 0.682. The first-order chi connectivity index (χ1) is 12.3. The number of methoxy groups -OCH3 is 1. The molecule has 26 heavy (non-hydrogen) atoms. The van der Waals surface area contributed by atoms with E-state index in [0.717, 1.165) is 22.7 Å². The summed E-state index contributed by atoms with van der Waals surface area (Å²) in [5.74, 6) is 0.846. The lowest BCUT2D eigenvalue weighted by Gasteiger charge is -2.29. The van der Waals surface area contributed by atoms with Crippen molar-refractivity contribution in [3.63, 3.8) is 0 Å². The van der Waals surface area contributed by atoms with Crippen molar-refractivity contribution in [2.45, 2.75) is 33.0 Å². The summed E-state index contributed by atoms with van der Waals surface area (Å²) >= 11 is 0. The van der Waals surface area contributed by atoms with E-state index < -0.39 is 6.61 Å². The van der Waals surface area contributed by atoms with Gasteiger partial charge in [0.2, 0.25) is 0 Å². The third-order valence-electron chi connectivity index (χ3n) is 4.17. The molecule has 0 radical (unpaired) electrons. The zero-order valence-corrected chi connectivity index (χ0v) is 15.4. The summed E-state index contributed by atoms with van der Waals surface area (Å²) in [5, 5.41) is 3.27. The van der Waals surface area contributed by atoms with Crippen LogP contribution in [-0.2, 0) is 6.54 Å². The number of alkyl halides is 2. The number of nitrogen functional groups attached to an aromatic ring is 1. The van der Waals surface area contributed by atoms with E-state index in [-0.39, 0.29) is 11.8 Å². The minimum atomic E-state index is -2.83. The van der Waals surface area contributed by atoms with Gasteiger partial charge in [-0.3, -0.25) is 0 Å². The first-order valence-electron chi connectivity index (χ1n) is 8.30. The Morgan fingerprint density at radius 1 is 1.12 bits per heavy atom. The number of benzene rings is 2. The smallest absolute Gasteiger partial charge is 0.387 e. The van der Waals surface area contributed by atoms with Gasteiger partial charge in [0.25, 0.3) is 0 Å². The highest BCUT2D eigenvalue weighted by atomic mass is 19.3. The van der Waals surface area contributed by atoms with Gasteiger partial charge in [-0.25, -0.2) is 0 Å². The minimum absolute atomic E-state index is 0.118. The molecule has 0 saturated carbocycles. The molecule has 142 valence electrons. The van der Waals surface area contributed by atoms with Crippen LogP contribution in [0.25, 0.3) is 0 Å². The highest BCUT2D eigenvalue weighted by Crippen LogP contribution is 2.36. The van der Waals surface area contributed by atoms with Crippen LogP contribution in [0.15, 0.2) is 36.4 Å². The van der Waals surface area contributed by atoms with Gasteiger partial charge in [0, 0.05) is 30.9 Å². The maximum Gasteiger partial charge on any atom is 0.387 e. The molecule has 7 heteroatoms. The van der Waals surface area contributed by atoms with Crippen molar-refractivity contribution in [2.75, 3.05) is 30.1 Å². The van der Waals surface area contributed by atoms with Gasteiger partial charge in [-0.15, -0.1) is 0 Å². The molecule has 0 aliphatic heterocycles. The second-order valence-corrected chi connectivity index (χ2v) is 6.15. The molecule has 0 heterocycles. The van der Waals surface area contributed by atoms with Crippen molar-refractivity contribution in [3.05, 3.63) is 42.0 Å². The molecule has 2 aromatic carbocycles. The van der Waals surface area contributed by atoms with Crippen molar-refractivity contribution < 1.29 is 18.3 Å². The predicted molar refractivity (Wildman–Crippen MR) is 101 cm³/mol. The van der Waals surface area contributed by atoms with Crippen LogP contribution in [0.1, 0.15) is 19.4 Å². The highest BCUT2D eigenvalue weighted by Gasteiger charge is 2.18. The van der Waals surface area contributed by atoms with Gasteiger partial charge in [0.1, 0.15) is 11.5 Å². The monoisotopic (exact) mass is 365 g/mol. The Balaban J connectivity index is 2.24. The van der Waals surface area contributed by atoms with E-state index >= 15 is 0 Å². The molecule has 0 aliphatic carbocycles. The molecule has 2 aromatic rings. The Kier molecular flexibility index (Phi) is 6.49. The molecular formula is C19H25F2N3O2. The SMILES string of the molecule is COc1ccc(N)c(N(C)C(C)C)c1CNc1ccc(OC(F)F)cc1. The number of anilines is 3.